The van der Waals surface area contributed by atoms with E-state index in [4.69, 9.17) is 24.3 Å². The van der Waals surface area contributed by atoms with Gasteiger partial charge in [-0.25, -0.2) is 4.57 Å². The number of esters is 1. The molecule has 0 aliphatic rings. The molecule has 0 rings (SSSR count). The van der Waals surface area contributed by atoms with Gasteiger partial charge in [0.05, 0.1) is 19.8 Å². The summed E-state index contributed by atoms with van der Waals surface area (Å²) in [6.45, 7) is 4.78. The topological polar surface area (TPSA) is 117 Å². The van der Waals surface area contributed by atoms with E-state index in [9.17, 15) is 14.3 Å². The molecule has 0 aromatic heterocycles. The molecule has 2 unspecified atom stereocenters. The average Bonchev–Trinajstić information content (AvgIpc) is 3.29. The summed E-state index contributed by atoms with van der Waals surface area (Å²) in [4.78, 5) is 22.6. The molecule has 0 saturated carbocycles. The van der Waals surface area contributed by atoms with Gasteiger partial charge in [0, 0.05) is 19.6 Å². The van der Waals surface area contributed by atoms with Gasteiger partial charge in [-0.05, 0) is 89.9 Å². The largest absolute Gasteiger partial charge is 0.472 e. The highest BCUT2D eigenvalue weighted by Crippen LogP contribution is 2.43. The lowest BCUT2D eigenvalue weighted by Gasteiger charge is -2.20. The van der Waals surface area contributed by atoms with Gasteiger partial charge in [-0.15, -0.1) is 0 Å². The van der Waals surface area contributed by atoms with Crippen LogP contribution in [0, 0.1) is 0 Å². The number of unbranched alkanes of at least 4 members (excludes halogenated alkanes) is 22. The van der Waals surface area contributed by atoms with E-state index in [1.807, 2.05) is 0 Å². The second kappa shape index (κ2) is 51.7. The highest BCUT2D eigenvalue weighted by Gasteiger charge is 2.25. The third-order valence-electron chi connectivity index (χ3n) is 10.8. The quantitative estimate of drug-likeness (QED) is 0.0268. The smallest absolute Gasteiger partial charge is 0.457 e. The van der Waals surface area contributed by atoms with Gasteiger partial charge in [-0.3, -0.25) is 13.8 Å². The molecule has 0 saturated heterocycles. The minimum atomic E-state index is -4.29. The first kappa shape index (κ1) is 61.7. The van der Waals surface area contributed by atoms with Crippen molar-refractivity contribution in [2.75, 3.05) is 33.0 Å². The summed E-state index contributed by atoms with van der Waals surface area (Å²) in [6.07, 6.45) is 67.5. The number of allylic oxidation sites excluding steroid dienone is 14. The number of ether oxygens (including phenoxy) is 2. The van der Waals surface area contributed by atoms with Crippen molar-refractivity contribution in [3.8, 4) is 0 Å². The normalized spacial score (nSPS) is 14.0. The minimum absolute atomic E-state index is 0.0950. The van der Waals surface area contributed by atoms with Crippen LogP contribution in [0.25, 0.3) is 0 Å². The van der Waals surface area contributed by atoms with E-state index in [1.165, 1.54) is 122 Å². The van der Waals surface area contributed by atoms with Gasteiger partial charge in [-0.1, -0.05) is 208 Å². The fourth-order valence-electron chi connectivity index (χ4n) is 7.00. The maximum Gasteiger partial charge on any atom is 0.472 e. The number of phosphoric ester groups is 1. The van der Waals surface area contributed by atoms with Gasteiger partial charge in [0.1, 0.15) is 6.10 Å². The van der Waals surface area contributed by atoms with Crippen LogP contribution in [0.2, 0.25) is 0 Å². The molecule has 0 aromatic rings. The maximum absolute atomic E-state index is 12.7. The van der Waals surface area contributed by atoms with Crippen LogP contribution >= 0.6 is 7.82 Å². The molecule has 0 aromatic carbocycles. The zero-order chi connectivity index (χ0) is 46.5. The zero-order valence-corrected chi connectivity index (χ0v) is 42.1. The second-order valence-electron chi connectivity index (χ2n) is 17.0. The molecule has 370 valence electrons. The third kappa shape index (κ3) is 50.7. The summed E-state index contributed by atoms with van der Waals surface area (Å²) in [5.74, 6) is -0.339. The summed E-state index contributed by atoms with van der Waals surface area (Å²) in [7, 11) is -4.29. The number of nitrogens with two attached hydrogens (primary N) is 1. The van der Waals surface area contributed by atoms with Crippen LogP contribution < -0.4 is 5.73 Å². The molecule has 0 radical (unpaired) electrons. The Morgan fingerprint density at radius 2 is 0.875 bits per heavy atom. The second-order valence-corrected chi connectivity index (χ2v) is 18.5. The number of hydrogen-bond acceptors (Lipinski definition) is 7. The molecule has 2 atom stereocenters. The monoisotopic (exact) mass is 916 g/mol. The lowest BCUT2D eigenvalue weighted by Crippen LogP contribution is -2.28. The van der Waals surface area contributed by atoms with E-state index in [-0.39, 0.29) is 32.3 Å². The SMILES string of the molecule is CC/C=C\C/C=C\C/C=C\C/C=C\C/C=C\CCCCCCCCCCCC(=O)OC(COCCCCCCCCCCCC/C=C\C/C=C\CCCCC)COP(=O)(O)OCCN. The van der Waals surface area contributed by atoms with E-state index >= 15 is 0 Å². The Morgan fingerprint density at radius 1 is 0.484 bits per heavy atom. The Morgan fingerprint density at radius 3 is 1.31 bits per heavy atom. The molecule has 0 aliphatic heterocycles. The molecular weight excluding hydrogens is 818 g/mol. The van der Waals surface area contributed by atoms with Crippen molar-refractivity contribution in [2.45, 2.75) is 225 Å². The number of carbonyl (C=O) groups is 1. The van der Waals surface area contributed by atoms with Crippen molar-refractivity contribution in [3.05, 3.63) is 85.1 Å². The Bertz CT molecular complexity index is 1260. The number of carbonyl (C=O) groups excluding carboxylic acids is 1. The van der Waals surface area contributed by atoms with Crippen LogP contribution in [0.15, 0.2) is 85.1 Å². The van der Waals surface area contributed by atoms with Crippen molar-refractivity contribution in [3.63, 3.8) is 0 Å². The molecule has 0 aliphatic carbocycles. The van der Waals surface area contributed by atoms with Crippen LogP contribution in [0.3, 0.4) is 0 Å². The van der Waals surface area contributed by atoms with Crippen LogP contribution in [0.1, 0.15) is 219 Å². The highest BCUT2D eigenvalue weighted by atomic mass is 31.2. The Labute approximate surface area is 394 Å². The molecule has 3 N–H and O–H groups in total. The number of hydrogen-bond donors (Lipinski definition) is 2. The maximum atomic E-state index is 12.7. The van der Waals surface area contributed by atoms with Crippen molar-refractivity contribution in [1.82, 2.24) is 0 Å². The summed E-state index contributed by atoms with van der Waals surface area (Å²) >= 11 is 0. The lowest BCUT2D eigenvalue weighted by molar-refractivity contribution is -0.154. The molecular formula is C55H98NO7P. The van der Waals surface area contributed by atoms with E-state index in [0.717, 1.165) is 77.0 Å². The minimum Gasteiger partial charge on any atom is -0.457 e. The number of rotatable bonds is 49. The van der Waals surface area contributed by atoms with Crippen LogP contribution in [-0.4, -0.2) is 49.9 Å². The van der Waals surface area contributed by atoms with Crippen molar-refractivity contribution < 1.29 is 32.8 Å². The van der Waals surface area contributed by atoms with Gasteiger partial charge in [0.15, 0.2) is 0 Å². The van der Waals surface area contributed by atoms with Gasteiger partial charge in [0.2, 0.25) is 0 Å². The van der Waals surface area contributed by atoms with Gasteiger partial charge >= 0.3 is 13.8 Å². The first-order valence-electron chi connectivity index (χ1n) is 26.1. The Balaban J connectivity index is 3.97. The predicted octanol–water partition coefficient (Wildman–Crippen LogP) is 16.4. The average molecular weight is 916 g/mol. The van der Waals surface area contributed by atoms with Crippen LogP contribution in [0.4, 0.5) is 0 Å². The Kier molecular flexibility index (Phi) is 49.8. The number of phosphoric acid groups is 1. The Hall–Kier alpha value is -2.32. The molecule has 64 heavy (non-hydrogen) atoms. The van der Waals surface area contributed by atoms with Crippen LogP contribution in [-0.2, 0) is 27.9 Å². The first-order chi connectivity index (χ1) is 31.4. The first-order valence-corrected chi connectivity index (χ1v) is 27.6. The predicted molar refractivity (Wildman–Crippen MR) is 275 cm³/mol. The molecule has 0 fully saturated rings. The molecule has 0 amide bonds. The zero-order valence-electron chi connectivity index (χ0n) is 41.2. The standard InChI is InChI=1S/C55H98NO7P/c1-3-5-7-9-11-13-15-17-19-21-23-25-26-27-28-29-30-32-34-36-38-40-42-44-46-48-55(57)63-54(53-62-64(58,59)61-51-49-56)52-60-50-47-45-43-41-39-37-35-33-31-24-22-20-18-16-14-12-10-8-6-4-2/h5,7,11-14,17-20,23,25,27-28,54H,3-4,6,8-10,15-16,21-22,24,26,29-53,56H2,1-2H3,(H,58,59)/b7-5-,13-11-,14-12-,19-17-,20-18-,25-23-,28-27-. The molecule has 0 heterocycles. The van der Waals surface area contributed by atoms with Crippen molar-refractivity contribution in [2.24, 2.45) is 5.73 Å². The van der Waals surface area contributed by atoms with Crippen LogP contribution in [0.5, 0.6) is 0 Å². The highest BCUT2D eigenvalue weighted by molar-refractivity contribution is 7.47. The van der Waals surface area contributed by atoms with Crippen molar-refractivity contribution >= 4 is 13.8 Å². The fraction of sp³-hybridized carbons (Fsp3) is 0.727. The summed E-state index contributed by atoms with van der Waals surface area (Å²) in [5.41, 5.74) is 5.39. The molecule has 8 nitrogen and oxygen atoms in total. The van der Waals surface area contributed by atoms with E-state index in [0.29, 0.717) is 13.0 Å². The molecule has 0 bridgehead atoms. The summed E-state index contributed by atoms with van der Waals surface area (Å²) in [6, 6.07) is 0. The summed E-state index contributed by atoms with van der Waals surface area (Å²) in [5, 5.41) is 0. The third-order valence-corrected chi connectivity index (χ3v) is 11.8. The molecule has 0 spiro atoms. The summed E-state index contributed by atoms with van der Waals surface area (Å²) < 4.78 is 33.6. The van der Waals surface area contributed by atoms with E-state index in [1.54, 1.807) is 0 Å². The van der Waals surface area contributed by atoms with E-state index in [2.05, 4.69) is 98.9 Å². The van der Waals surface area contributed by atoms with Gasteiger partial charge in [-0.2, -0.15) is 0 Å². The van der Waals surface area contributed by atoms with Gasteiger partial charge < -0.3 is 20.1 Å². The van der Waals surface area contributed by atoms with Gasteiger partial charge in [0.25, 0.3) is 0 Å². The molecule has 9 heteroatoms. The fourth-order valence-corrected chi connectivity index (χ4v) is 7.76. The van der Waals surface area contributed by atoms with Crippen molar-refractivity contribution in [1.29, 1.82) is 0 Å². The lowest BCUT2D eigenvalue weighted by atomic mass is 10.1. The van der Waals surface area contributed by atoms with E-state index < -0.39 is 13.9 Å².